The van der Waals surface area contributed by atoms with Gasteiger partial charge in [0, 0.05) is 35.3 Å². The Kier molecular flexibility index (Phi) is 4.95. The van der Waals surface area contributed by atoms with Crippen molar-refractivity contribution in [1.29, 1.82) is 0 Å². The van der Waals surface area contributed by atoms with Crippen molar-refractivity contribution in [2.24, 2.45) is 0 Å². The van der Waals surface area contributed by atoms with Crippen molar-refractivity contribution in [3.05, 3.63) is 59.1 Å². The van der Waals surface area contributed by atoms with Gasteiger partial charge in [-0.2, -0.15) is 0 Å². The Morgan fingerprint density at radius 2 is 1.52 bits per heavy atom. The molecule has 0 aliphatic heterocycles. The smallest absolute Gasteiger partial charge is 0.319 e. The lowest BCUT2D eigenvalue weighted by molar-refractivity contribution is -0.114. The molecule has 0 unspecified atom stereocenters. The van der Waals surface area contributed by atoms with Crippen LogP contribution in [0.15, 0.2) is 48.5 Å². The summed E-state index contributed by atoms with van der Waals surface area (Å²) in [5.74, 6) is -0.129. The van der Waals surface area contributed by atoms with E-state index in [1.165, 1.54) is 12.5 Å². The number of benzene rings is 2. The van der Waals surface area contributed by atoms with Crippen LogP contribution in [-0.4, -0.2) is 18.5 Å². The van der Waals surface area contributed by atoms with E-state index in [9.17, 15) is 9.59 Å². The third-order valence-corrected chi connectivity index (χ3v) is 4.61. The topological polar surface area (TPSA) is 70.2 Å². The maximum absolute atomic E-state index is 12.1. The third kappa shape index (κ3) is 4.51. The van der Waals surface area contributed by atoms with E-state index >= 15 is 0 Å². The van der Waals surface area contributed by atoms with E-state index in [-0.39, 0.29) is 17.4 Å². The number of hydrogen-bond acceptors (Lipinski definition) is 2. The minimum absolute atomic E-state index is 0.0250. The maximum Gasteiger partial charge on any atom is 0.319 e. The number of urea groups is 1. The number of halogens is 1. The van der Waals surface area contributed by atoms with Gasteiger partial charge in [0.05, 0.1) is 0 Å². The van der Waals surface area contributed by atoms with Crippen LogP contribution in [0.25, 0.3) is 0 Å². The molecule has 2 aromatic carbocycles. The van der Waals surface area contributed by atoms with Crippen molar-refractivity contribution in [3.63, 3.8) is 0 Å². The maximum atomic E-state index is 12.1. The average molecular weight is 358 g/mol. The average Bonchev–Trinajstić information content (AvgIpc) is 3.36. The molecule has 0 radical (unpaired) electrons. The van der Waals surface area contributed by atoms with E-state index in [1.54, 1.807) is 24.3 Å². The fourth-order valence-corrected chi connectivity index (χ4v) is 2.91. The number of carbonyl (C=O) groups is 2. The molecular weight excluding hydrogens is 338 g/mol. The Morgan fingerprint density at radius 1 is 0.960 bits per heavy atom. The van der Waals surface area contributed by atoms with Crippen LogP contribution in [0.5, 0.6) is 0 Å². The Bertz CT molecular complexity index is 768. The predicted molar refractivity (Wildman–Crippen MR) is 100 cm³/mol. The number of nitrogens with one attached hydrogen (secondary N) is 3. The molecule has 3 N–H and O–H groups in total. The van der Waals surface area contributed by atoms with Gasteiger partial charge in [0.1, 0.15) is 0 Å². The highest BCUT2D eigenvalue weighted by molar-refractivity contribution is 6.30. The van der Waals surface area contributed by atoms with Gasteiger partial charge in [-0.15, -0.1) is 0 Å². The summed E-state index contributed by atoms with van der Waals surface area (Å²) >= 11 is 5.94. The lowest BCUT2D eigenvalue weighted by Gasteiger charge is -2.17. The van der Waals surface area contributed by atoms with Gasteiger partial charge in [-0.3, -0.25) is 4.79 Å². The summed E-state index contributed by atoms with van der Waals surface area (Å²) in [6, 6.07) is 14.5. The van der Waals surface area contributed by atoms with Gasteiger partial charge < -0.3 is 16.0 Å². The zero-order valence-corrected chi connectivity index (χ0v) is 14.7. The van der Waals surface area contributed by atoms with Crippen LogP contribution in [0, 0.1) is 0 Å². The van der Waals surface area contributed by atoms with Crippen molar-refractivity contribution >= 4 is 34.9 Å². The van der Waals surface area contributed by atoms with Gasteiger partial charge in [0.25, 0.3) is 0 Å². The number of amides is 3. The monoisotopic (exact) mass is 357 g/mol. The first-order chi connectivity index (χ1) is 12.0. The van der Waals surface area contributed by atoms with E-state index in [0.29, 0.717) is 22.9 Å². The minimum atomic E-state index is -0.243. The van der Waals surface area contributed by atoms with Crippen molar-refractivity contribution < 1.29 is 9.59 Å². The molecule has 1 aliphatic carbocycles. The molecule has 0 aromatic heterocycles. The summed E-state index contributed by atoms with van der Waals surface area (Å²) in [6.45, 7) is 2.04. The molecule has 1 fully saturated rings. The number of anilines is 2. The summed E-state index contributed by atoms with van der Waals surface area (Å²) < 4.78 is 0. The molecule has 0 heterocycles. The van der Waals surface area contributed by atoms with Crippen molar-refractivity contribution in [3.8, 4) is 0 Å². The molecule has 130 valence electrons. The first-order valence-electron chi connectivity index (χ1n) is 8.15. The lowest BCUT2D eigenvalue weighted by Crippen LogP contribution is -2.35. The first-order valence-corrected chi connectivity index (χ1v) is 8.53. The summed E-state index contributed by atoms with van der Waals surface area (Å²) in [6.07, 6.45) is 2.11. The van der Waals surface area contributed by atoms with E-state index < -0.39 is 0 Å². The molecule has 0 saturated heterocycles. The Balaban J connectivity index is 1.53. The lowest BCUT2D eigenvalue weighted by atomic mass is 9.96. The highest BCUT2D eigenvalue weighted by Gasteiger charge is 2.44. The molecule has 3 amide bonds. The number of carbonyl (C=O) groups excluding carboxylic acids is 2. The van der Waals surface area contributed by atoms with Crippen molar-refractivity contribution in [2.45, 2.75) is 25.2 Å². The number of rotatable bonds is 5. The quantitative estimate of drug-likeness (QED) is 0.752. The molecule has 5 nitrogen and oxygen atoms in total. The first kappa shape index (κ1) is 17.3. The highest BCUT2D eigenvalue weighted by atomic mass is 35.5. The standard InChI is InChI=1S/C19H20ClN3O2/c1-13(24)22-16-6-8-17(9-7-16)23-18(25)21-12-19(10-11-19)14-2-4-15(20)5-3-14/h2-9H,10-12H2,1H3,(H,22,24)(H2,21,23,25). The van der Waals surface area contributed by atoms with E-state index in [1.807, 2.05) is 24.3 Å². The molecule has 1 saturated carbocycles. The Labute approximate surface area is 151 Å². The second kappa shape index (κ2) is 7.15. The Morgan fingerprint density at radius 3 is 2.04 bits per heavy atom. The van der Waals surface area contributed by atoms with Crippen LogP contribution in [0.2, 0.25) is 5.02 Å². The van der Waals surface area contributed by atoms with Gasteiger partial charge in [0.2, 0.25) is 5.91 Å². The van der Waals surface area contributed by atoms with E-state index in [0.717, 1.165) is 12.8 Å². The van der Waals surface area contributed by atoms with Gasteiger partial charge in [-0.05, 0) is 54.8 Å². The van der Waals surface area contributed by atoms with Gasteiger partial charge in [0.15, 0.2) is 0 Å². The zero-order chi connectivity index (χ0) is 17.9. The highest BCUT2D eigenvalue weighted by Crippen LogP contribution is 2.47. The van der Waals surface area contributed by atoms with Crippen LogP contribution in [-0.2, 0) is 10.2 Å². The molecule has 25 heavy (non-hydrogen) atoms. The SMILES string of the molecule is CC(=O)Nc1ccc(NC(=O)NCC2(c3ccc(Cl)cc3)CC2)cc1. The molecular formula is C19H20ClN3O2. The van der Waals surface area contributed by atoms with Crippen LogP contribution < -0.4 is 16.0 Å². The molecule has 1 aliphatic rings. The van der Waals surface area contributed by atoms with Gasteiger partial charge in [-0.25, -0.2) is 4.79 Å². The number of hydrogen-bond donors (Lipinski definition) is 3. The zero-order valence-electron chi connectivity index (χ0n) is 13.9. The van der Waals surface area contributed by atoms with Gasteiger partial charge in [-0.1, -0.05) is 23.7 Å². The van der Waals surface area contributed by atoms with Crippen molar-refractivity contribution in [2.75, 3.05) is 17.2 Å². The normalized spacial score (nSPS) is 14.5. The third-order valence-electron chi connectivity index (χ3n) is 4.36. The second-order valence-electron chi connectivity index (χ2n) is 6.35. The largest absolute Gasteiger partial charge is 0.337 e. The summed E-state index contributed by atoms with van der Waals surface area (Å²) in [7, 11) is 0. The predicted octanol–water partition coefficient (Wildman–Crippen LogP) is 4.15. The fourth-order valence-electron chi connectivity index (χ4n) is 2.79. The second-order valence-corrected chi connectivity index (χ2v) is 6.79. The summed E-state index contributed by atoms with van der Waals surface area (Å²) in [5, 5.41) is 9.14. The minimum Gasteiger partial charge on any atom is -0.337 e. The van der Waals surface area contributed by atoms with Crippen LogP contribution in [0.1, 0.15) is 25.3 Å². The molecule has 2 aromatic rings. The van der Waals surface area contributed by atoms with E-state index in [4.69, 9.17) is 11.6 Å². The van der Waals surface area contributed by atoms with Gasteiger partial charge >= 0.3 is 6.03 Å². The molecule has 0 bridgehead atoms. The van der Waals surface area contributed by atoms with Crippen LogP contribution >= 0.6 is 11.6 Å². The molecule has 6 heteroatoms. The fraction of sp³-hybridized carbons (Fsp3) is 0.263. The molecule has 0 spiro atoms. The Hall–Kier alpha value is -2.53. The molecule has 0 atom stereocenters. The van der Waals surface area contributed by atoms with Crippen LogP contribution in [0.3, 0.4) is 0 Å². The summed E-state index contributed by atoms with van der Waals surface area (Å²) in [5.41, 5.74) is 2.59. The molecule has 3 rings (SSSR count). The van der Waals surface area contributed by atoms with Crippen molar-refractivity contribution in [1.82, 2.24) is 5.32 Å². The van der Waals surface area contributed by atoms with E-state index in [2.05, 4.69) is 16.0 Å². The van der Waals surface area contributed by atoms with Crippen LogP contribution in [0.4, 0.5) is 16.2 Å². The summed E-state index contributed by atoms with van der Waals surface area (Å²) in [4.78, 5) is 23.1.